The molecule has 0 fully saturated rings. The number of phenols is 2. The Morgan fingerprint density at radius 3 is 2.57 bits per heavy atom. The Morgan fingerprint density at radius 2 is 1.86 bits per heavy atom. The normalized spacial score (nSPS) is 17.5. The summed E-state index contributed by atoms with van der Waals surface area (Å²) in [5.74, 6) is 0.195. The lowest BCUT2D eigenvalue weighted by atomic mass is 9.86. The van der Waals surface area contributed by atoms with E-state index in [0.717, 1.165) is 36.2 Å². The minimum absolute atomic E-state index is 0. The first-order chi connectivity index (χ1) is 9.68. The van der Waals surface area contributed by atoms with E-state index in [4.69, 9.17) is 0 Å². The molecule has 2 aromatic rings. The molecule has 4 heteroatoms. The van der Waals surface area contributed by atoms with Gasteiger partial charge in [-0.05, 0) is 48.2 Å². The van der Waals surface area contributed by atoms with Crippen LogP contribution >= 0.6 is 17.0 Å². The summed E-state index contributed by atoms with van der Waals surface area (Å²) in [5, 5.41) is 23.3. The van der Waals surface area contributed by atoms with E-state index in [0.29, 0.717) is 0 Å². The SMILES string of the molecule is Br.Cc1c(O)c(O)cc2c1CCNCC2c1ccccc1. The summed E-state index contributed by atoms with van der Waals surface area (Å²) >= 11 is 0. The smallest absolute Gasteiger partial charge is 0.160 e. The highest BCUT2D eigenvalue weighted by molar-refractivity contribution is 8.93. The van der Waals surface area contributed by atoms with E-state index in [1.54, 1.807) is 6.07 Å². The minimum Gasteiger partial charge on any atom is -0.504 e. The van der Waals surface area contributed by atoms with E-state index in [2.05, 4.69) is 17.4 Å². The van der Waals surface area contributed by atoms with Crippen molar-refractivity contribution in [1.29, 1.82) is 0 Å². The first-order valence-corrected chi connectivity index (χ1v) is 6.98. The second-order valence-corrected chi connectivity index (χ2v) is 5.35. The molecule has 1 heterocycles. The summed E-state index contributed by atoms with van der Waals surface area (Å²) in [6.07, 6.45) is 0.873. The maximum Gasteiger partial charge on any atom is 0.160 e. The van der Waals surface area contributed by atoms with Gasteiger partial charge in [0.2, 0.25) is 0 Å². The predicted octanol–water partition coefficient (Wildman–Crippen LogP) is 3.26. The highest BCUT2D eigenvalue weighted by Crippen LogP contribution is 2.39. The first kappa shape index (κ1) is 15.9. The fourth-order valence-corrected chi connectivity index (χ4v) is 3.05. The first-order valence-electron chi connectivity index (χ1n) is 6.98. The largest absolute Gasteiger partial charge is 0.504 e. The zero-order chi connectivity index (χ0) is 14.1. The number of phenolic OH excluding ortho intramolecular Hbond substituents is 2. The van der Waals surface area contributed by atoms with E-state index in [1.807, 2.05) is 25.1 Å². The molecular formula is C17H20BrNO2. The van der Waals surface area contributed by atoms with Crippen molar-refractivity contribution >= 4 is 17.0 Å². The molecule has 0 aliphatic carbocycles. The Bertz CT molecular complexity index is 628. The summed E-state index contributed by atoms with van der Waals surface area (Å²) in [6.45, 7) is 3.61. The number of fused-ring (bicyclic) bond motifs is 1. The minimum atomic E-state index is -0.0240. The van der Waals surface area contributed by atoms with Gasteiger partial charge in [-0.1, -0.05) is 30.3 Å². The number of nitrogens with one attached hydrogen (secondary N) is 1. The van der Waals surface area contributed by atoms with Crippen LogP contribution in [0, 0.1) is 6.92 Å². The van der Waals surface area contributed by atoms with Gasteiger partial charge in [0.15, 0.2) is 11.5 Å². The van der Waals surface area contributed by atoms with Crippen LogP contribution in [0.5, 0.6) is 11.5 Å². The Kier molecular flexibility index (Phi) is 4.91. The summed E-state index contributed by atoms with van der Waals surface area (Å²) in [5.41, 5.74) is 4.30. The average Bonchev–Trinajstić information content (AvgIpc) is 2.68. The fraction of sp³-hybridized carbons (Fsp3) is 0.294. The molecule has 1 aliphatic heterocycles. The number of aromatic hydroxyl groups is 2. The molecule has 0 bridgehead atoms. The van der Waals surface area contributed by atoms with E-state index >= 15 is 0 Å². The average molecular weight is 350 g/mol. The van der Waals surface area contributed by atoms with Gasteiger partial charge >= 0.3 is 0 Å². The van der Waals surface area contributed by atoms with Crippen LogP contribution in [0.3, 0.4) is 0 Å². The zero-order valence-electron chi connectivity index (χ0n) is 12.0. The summed E-state index contributed by atoms with van der Waals surface area (Å²) < 4.78 is 0. The van der Waals surface area contributed by atoms with Gasteiger partial charge in [-0.2, -0.15) is 0 Å². The van der Waals surface area contributed by atoms with Gasteiger partial charge in [0, 0.05) is 12.5 Å². The van der Waals surface area contributed by atoms with Crippen LogP contribution in [-0.2, 0) is 6.42 Å². The number of halogens is 1. The quantitative estimate of drug-likeness (QED) is 0.692. The molecule has 3 nitrogen and oxygen atoms in total. The van der Waals surface area contributed by atoms with Gasteiger partial charge in [0.25, 0.3) is 0 Å². The van der Waals surface area contributed by atoms with Crippen molar-refractivity contribution < 1.29 is 10.2 Å². The van der Waals surface area contributed by atoms with Gasteiger partial charge in [-0.3, -0.25) is 0 Å². The van der Waals surface area contributed by atoms with Crippen molar-refractivity contribution in [2.24, 2.45) is 0 Å². The van der Waals surface area contributed by atoms with Crippen LogP contribution in [-0.4, -0.2) is 23.3 Å². The van der Waals surface area contributed by atoms with Crippen molar-refractivity contribution in [3.05, 3.63) is 58.7 Å². The Morgan fingerprint density at radius 1 is 1.14 bits per heavy atom. The molecule has 112 valence electrons. The molecule has 1 aliphatic rings. The number of benzene rings is 2. The van der Waals surface area contributed by atoms with E-state index < -0.39 is 0 Å². The van der Waals surface area contributed by atoms with Crippen molar-refractivity contribution in [1.82, 2.24) is 5.32 Å². The van der Waals surface area contributed by atoms with Gasteiger partial charge in [-0.25, -0.2) is 0 Å². The topological polar surface area (TPSA) is 52.5 Å². The molecule has 0 amide bonds. The molecule has 0 saturated carbocycles. The van der Waals surface area contributed by atoms with E-state index in [9.17, 15) is 10.2 Å². The van der Waals surface area contributed by atoms with Crippen molar-refractivity contribution in [3.8, 4) is 11.5 Å². The third kappa shape index (κ3) is 2.92. The molecule has 3 rings (SSSR count). The molecule has 0 saturated heterocycles. The molecule has 1 atom stereocenters. The Balaban J connectivity index is 0.00000161. The van der Waals surface area contributed by atoms with E-state index in [1.165, 1.54) is 5.56 Å². The summed E-state index contributed by atoms with van der Waals surface area (Å²) in [4.78, 5) is 0. The van der Waals surface area contributed by atoms with E-state index in [-0.39, 0.29) is 34.4 Å². The molecule has 21 heavy (non-hydrogen) atoms. The standard InChI is InChI=1S/C17H19NO2.BrH/c1-11-13-7-8-18-10-15(12-5-3-2-4-6-12)14(13)9-16(19)17(11)20;/h2-6,9,15,18-20H,7-8,10H2,1H3;1H. The van der Waals surface area contributed by atoms with Crippen LogP contribution in [0.15, 0.2) is 36.4 Å². The van der Waals surface area contributed by atoms with Gasteiger partial charge in [0.05, 0.1) is 0 Å². The third-order valence-corrected chi connectivity index (χ3v) is 4.17. The third-order valence-electron chi connectivity index (χ3n) is 4.17. The van der Waals surface area contributed by atoms with Crippen LogP contribution < -0.4 is 5.32 Å². The van der Waals surface area contributed by atoms with Crippen molar-refractivity contribution in [2.45, 2.75) is 19.3 Å². The van der Waals surface area contributed by atoms with Crippen LogP contribution in [0.2, 0.25) is 0 Å². The number of rotatable bonds is 1. The van der Waals surface area contributed by atoms with Crippen LogP contribution in [0.4, 0.5) is 0 Å². The fourth-order valence-electron chi connectivity index (χ4n) is 3.05. The Labute approximate surface area is 135 Å². The lowest BCUT2D eigenvalue weighted by Gasteiger charge is -2.20. The molecule has 0 spiro atoms. The zero-order valence-corrected chi connectivity index (χ0v) is 13.7. The summed E-state index contributed by atoms with van der Waals surface area (Å²) in [7, 11) is 0. The molecule has 2 aromatic carbocycles. The maximum absolute atomic E-state index is 9.94. The van der Waals surface area contributed by atoms with Gasteiger partial charge < -0.3 is 15.5 Å². The second-order valence-electron chi connectivity index (χ2n) is 5.35. The lowest BCUT2D eigenvalue weighted by Crippen LogP contribution is -2.20. The molecular weight excluding hydrogens is 330 g/mol. The Hall–Kier alpha value is -1.52. The maximum atomic E-state index is 9.94. The second kappa shape index (κ2) is 6.50. The van der Waals surface area contributed by atoms with Crippen LogP contribution in [0.1, 0.15) is 28.2 Å². The van der Waals surface area contributed by atoms with Crippen molar-refractivity contribution in [2.75, 3.05) is 13.1 Å². The number of hydrogen-bond donors (Lipinski definition) is 3. The summed E-state index contributed by atoms with van der Waals surface area (Å²) in [6, 6.07) is 12.0. The monoisotopic (exact) mass is 349 g/mol. The molecule has 3 N–H and O–H groups in total. The highest BCUT2D eigenvalue weighted by atomic mass is 79.9. The number of hydrogen-bond acceptors (Lipinski definition) is 3. The molecule has 0 radical (unpaired) electrons. The molecule has 0 aromatic heterocycles. The van der Waals surface area contributed by atoms with Crippen LogP contribution in [0.25, 0.3) is 0 Å². The predicted molar refractivity (Wildman–Crippen MR) is 89.7 cm³/mol. The van der Waals surface area contributed by atoms with Gasteiger partial charge in [-0.15, -0.1) is 17.0 Å². The van der Waals surface area contributed by atoms with Crippen molar-refractivity contribution in [3.63, 3.8) is 0 Å². The van der Waals surface area contributed by atoms with Gasteiger partial charge in [0.1, 0.15) is 0 Å². The lowest BCUT2D eigenvalue weighted by molar-refractivity contribution is 0.399. The highest BCUT2D eigenvalue weighted by Gasteiger charge is 2.24. The molecule has 1 unspecified atom stereocenters.